The summed E-state index contributed by atoms with van der Waals surface area (Å²) in [6.07, 6.45) is 2.13. The number of hydrogen-bond donors (Lipinski definition) is 0. The molecule has 1 atom stereocenters. The number of benzene rings is 1. The lowest BCUT2D eigenvalue weighted by atomic mass is 10.1. The molecule has 1 aromatic carbocycles. The predicted octanol–water partition coefficient (Wildman–Crippen LogP) is 2.85. The van der Waals surface area contributed by atoms with Gasteiger partial charge in [-0.2, -0.15) is 0 Å². The summed E-state index contributed by atoms with van der Waals surface area (Å²) in [5.74, 6) is 0.238. The van der Waals surface area contributed by atoms with E-state index in [0.717, 1.165) is 11.3 Å². The number of aryl methyl sites for hydroxylation is 1. The van der Waals surface area contributed by atoms with Gasteiger partial charge in [0.25, 0.3) is 0 Å². The summed E-state index contributed by atoms with van der Waals surface area (Å²) in [6, 6.07) is 11.1. The Kier molecular flexibility index (Phi) is 4.49. The Bertz CT molecular complexity index is 669. The van der Waals surface area contributed by atoms with Crippen molar-refractivity contribution in [2.24, 2.45) is 0 Å². The third-order valence-corrected chi connectivity index (χ3v) is 5.28. The van der Waals surface area contributed by atoms with E-state index in [0.29, 0.717) is 12.2 Å². The van der Waals surface area contributed by atoms with Crippen LogP contribution in [0.25, 0.3) is 0 Å². The lowest BCUT2D eigenvalue weighted by Gasteiger charge is -2.15. The first-order chi connectivity index (χ1) is 9.53. The van der Waals surface area contributed by atoms with Crippen LogP contribution in [0.2, 0.25) is 0 Å². The molecule has 0 aliphatic heterocycles. The molecule has 2 aromatic rings. The molecule has 0 bridgehead atoms. The van der Waals surface area contributed by atoms with Crippen molar-refractivity contribution in [3.05, 3.63) is 59.7 Å². The smallest absolute Gasteiger partial charge is 0.164 e. The molecule has 1 aromatic heterocycles. The Labute approximate surface area is 119 Å². The molecule has 106 valence electrons. The highest BCUT2D eigenvalue weighted by atomic mass is 32.2. The zero-order valence-electron chi connectivity index (χ0n) is 11.7. The fraction of sp³-hybridized carbons (Fsp3) is 0.333. The number of hydrogen-bond acceptors (Lipinski definition) is 4. The third kappa shape index (κ3) is 3.42. The van der Waals surface area contributed by atoms with E-state index in [4.69, 9.17) is 0 Å². The van der Waals surface area contributed by atoms with Crippen molar-refractivity contribution in [2.75, 3.05) is 0 Å². The average Bonchev–Trinajstić information content (AvgIpc) is 2.39. The topological polar surface area (TPSA) is 59.9 Å². The van der Waals surface area contributed by atoms with Gasteiger partial charge in [0, 0.05) is 11.9 Å². The normalized spacial score (nSPS) is 13.1. The first kappa shape index (κ1) is 14.7. The van der Waals surface area contributed by atoms with E-state index < -0.39 is 15.1 Å². The predicted molar refractivity (Wildman–Crippen MR) is 78.9 cm³/mol. The molecule has 0 saturated carbocycles. The van der Waals surface area contributed by atoms with Crippen LogP contribution in [0, 0.1) is 6.92 Å². The highest BCUT2D eigenvalue weighted by Crippen LogP contribution is 2.27. The second-order valence-electron chi connectivity index (χ2n) is 4.73. The van der Waals surface area contributed by atoms with E-state index in [-0.39, 0.29) is 5.75 Å². The van der Waals surface area contributed by atoms with Crippen LogP contribution in [0.4, 0.5) is 0 Å². The standard InChI is InChI=1S/C15H18N2O2S/c1-3-14(13-7-5-4-6-8-13)20(18,19)11-15-16-10-9-12(2)17-15/h4-10,14H,3,11H2,1-2H3. The van der Waals surface area contributed by atoms with Crippen molar-refractivity contribution in [3.63, 3.8) is 0 Å². The van der Waals surface area contributed by atoms with Crippen LogP contribution >= 0.6 is 0 Å². The molecule has 1 unspecified atom stereocenters. The van der Waals surface area contributed by atoms with Gasteiger partial charge >= 0.3 is 0 Å². The second kappa shape index (κ2) is 6.13. The minimum Gasteiger partial charge on any atom is -0.240 e. The Balaban J connectivity index is 2.29. The van der Waals surface area contributed by atoms with Gasteiger partial charge in [0.1, 0.15) is 11.6 Å². The first-order valence-corrected chi connectivity index (χ1v) is 8.29. The maximum absolute atomic E-state index is 12.6. The minimum atomic E-state index is -3.32. The fourth-order valence-electron chi connectivity index (χ4n) is 2.22. The van der Waals surface area contributed by atoms with Gasteiger partial charge in [-0.15, -0.1) is 0 Å². The molecule has 5 heteroatoms. The molecule has 0 aliphatic carbocycles. The largest absolute Gasteiger partial charge is 0.240 e. The molecule has 1 heterocycles. The summed E-state index contributed by atoms with van der Waals surface area (Å²) in [5.41, 5.74) is 1.60. The van der Waals surface area contributed by atoms with Crippen LogP contribution in [0.3, 0.4) is 0 Å². The highest BCUT2D eigenvalue weighted by molar-refractivity contribution is 7.90. The molecule has 0 spiro atoms. The van der Waals surface area contributed by atoms with Crippen molar-refractivity contribution < 1.29 is 8.42 Å². The van der Waals surface area contributed by atoms with Crippen LogP contribution in [0.15, 0.2) is 42.6 Å². The van der Waals surface area contributed by atoms with Gasteiger partial charge in [0.15, 0.2) is 9.84 Å². The van der Waals surface area contributed by atoms with Crippen molar-refractivity contribution >= 4 is 9.84 Å². The molecule has 4 nitrogen and oxygen atoms in total. The summed E-state index contributed by atoms with van der Waals surface area (Å²) >= 11 is 0. The highest BCUT2D eigenvalue weighted by Gasteiger charge is 2.26. The summed E-state index contributed by atoms with van der Waals surface area (Å²) < 4.78 is 25.1. The van der Waals surface area contributed by atoms with E-state index in [2.05, 4.69) is 9.97 Å². The number of nitrogens with zero attached hydrogens (tertiary/aromatic N) is 2. The van der Waals surface area contributed by atoms with Crippen LogP contribution in [0.5, 0.6) is 0 Å². The van der Waals surface area contributed by atoms with Crippen molar-refractivity contribution in [1.82, 2.24) is 9.97 Å². The zero-order chi connectivity index (χ0) is 14.6. The molecular formula is C15H18N2O2S. The quantitative estimate of drug-likeness (QED) is 0.849. The monoisotopic (exact) mass is 290 g/mol. The minimum absolute atomic E-state index is 0.123. The molecule has 0 amide bonds. The molecule has 20 heavy (non-hydrogen) atoms. The summed E-state index contributed by atoms with van der Waals surface area (Å²) in [7, 11) is -3.32. The van der Waals surface area contributed by atoms with E-state index in [1.807, 2.05) is 44.2 Å². The van der Waals surface area contributed by atoms with Gasteiger partial charge in [-0.05, 0) is 25.0 Å². The molecule has 2 rings (SSSR count). The lowest BCUT2D eigenvalue weighted by molar-refractivity contribution is 0.576. The van der Waals surface area contributed by atoms with E-state index in [9.17, 15) is 8.42 Å². The first-order valence-electron chi connectivity index (χ1n) is 6.58. The molecule has 0 saturated heterocycles. The maximum Gasteiger partial charge on any atom is 0.164 e. The molecule has 0 aliphatic rings. The molecule has 0 N–H and O–H groups in total. The van der Waals surface area contributed by atoms with Crippen LogP contribution in [0.1, 0.15) is 35.7 Å². The lowest BCUT2D eigenvalue weighted by Crippen LogP contribution is -2.16. The SMILES string of the molecule is CCC(c1ccccc1)S(=O)(=O)Cc1nccc(C)n1. The van der Waals surface area contributed by atoms with E-state index >= 15 is 0 Å². The Morgan fingerprint density at radius 2 is 1.85 bits per heavy atom. The third-order valence-electron chi connectivity index (χ3n) is 3.15. The zero-order valence-corrected chi connectivity index (χ0v) is 12.5. The van der Waals surface area contributed by atoms with Crippen molar-refractivity contribution in [1.29, 1.82) is 0 Å². The van der Waals surface area contributed by atoms with E-state index in [1.165, 1.54) is 0 Å². The van der Waals surface area contributed by atoms with Gasteiger partial charge in [-0.1, -0.05) is 37.3 Å². The fourth-order valence-corrected chi connectivity index (χ4v) is 4.00. The molecule has 0 radical (unpaired) electrons. The van der Waals surface area contributed by atoms with E-state index in [1.54, 1.807) is 12.3 Å². The Morgan fingerprint density at radius 1 is 1.15 bits per heavy atom. The van der Waals surface area contributed by atoms with Gasteiger partial charge < -0.3 is 0 Å². The van der Waals surface area contributed by atoms with Crippen molar-refractivity contribution in [3.8, 4) is 0 Å². The van der Waals surface area contributed by atoms with Crippen LogP contribution in [-0.4, -0.2) is 18.4 Å². The summed E-state index contributed by atoms with van der Waals surface area (Å²) in [5, 5.41) is -0.507. The number of rotatable bonds is 5. The summed E-state index contributed by atoms with van der Waals surface area (Å²) in [4.78, 5) is 8.22. The van der Waals surface area contributed by atoms with Crippen LogP contribution < -0.4 is 0 Å². The van der Waals surface area contributed by atoms with Gasteiger partial charge in [0.05, 0.1) is 5.25 Å². The second-order valence-corrected chi connectivity index (χ2v) is 6.91. The number of aromatic nitrogens is 2. The molecule has 0 fully saturated rings. The summed E-state index contributed by atoms with van der Waals surface area (Å²) in [6.45, 7) is 3.71. The van der Waals surface area contributed by atoms with Gasteiger partial charge in [-0.3, -0.25) is 0 Å². The Morgan fingerprint density at radius 3 is 2.45 bits per heavy atom. The van der Waals surface area contributed by atoms with Crippen molar-refractivity contribution in [2.45, 2.75) is 31.3 Å². The van der Waals surface area contributed by atoms with Gasteiger partial charge in [-0.25, -0.2) is 18.4 Å². The Hall–Kier alpha value is -1.75. The average molecular weight is 290 g/mol. The van der Waals surface area contributed by atoms with Gasteiger partial charge in [0.2, 0.25) is 0 Å². The number of sulfone groups is 1. The maximum atomic E-state index is 12.6. The molecular weight excluding hydrogens is 272 g/mol. The van der Waals surface area contributed by atoms with Crippen LogP contribution in [-0.2, 0) is 15.6 Å².